The summed E-state index contributed by atoms with van der Waals surface area (Å²) in [6, 6.07) is -1.36. The molecule has 2 N–H and O–H groups in total. The number of thioether (sulfide) groups is 1. The predicted octanol–water partition coefficient (Wildman–Crippen LogP) is -0.433. The minimum atomic E-state index is -1.24. The summed E-state index contributed by atoms with van der Waals surface area (Å²) < 4.78 is 0. The summed E-state index contributed by atoms with van der Waals surface area (Å²) in [5.74, 6) is -0.567. The molecule has 0 aliphatic carbocycles. The molecule has 15 heavy (non-hydrogen) atoms. The third kappa shape index (κ3) is 7.07. The monoisotopic (exact) mass is 233 g/mol. The van der Waals surface area contributed by atoms with Gasteiger partial charge in [-0.2, -0.15) is 11.8 Å². The second kappa shape index (κ2) is 8.40. The zero-order chi connectivity index (χ0) is 11.7. The maximum absolute atomic E-state index is 11.2. The molecule has 0 bridgehead atoms. The topological polar surface area (TPSA) is 81.3 Å². The summed E-state index contributed by atoms with van der Waals surface area (Å²) in [7, 11) is 0. The second-order valence-corrected chi connectivity index (χ2v) is 4.04. The van der Waals surface area contributed by atoms with Crippen molar-refractivity contribution in [2.75, 3.05) is 18.6 Å². The Kier molecular flexibility index (Phi) is 7.89. The lowest BCUT2D eigenvalue weighted by Gasteiger charge is -2.19. The van der Waals surface area contributed by atoms with Crippen molar-refractivity contribution in [1.29, 1.82) is 0 Å². The van der Waals surface area contributed by atoms with E-state index < -0.39 is 18.0 Å². The summed E-state index contributed by atoms with van der Waals surface area (Å²) in [5, 5.41) is 15.6. The van der Waals surface area contributed by atoms with Crippen LogP contribution in [0.1, 0.15) is 19.8 Å². The van der Waals surface area contributed by atoms with Crippen LogP contribution in [0.25, 0.3) is 0 Å². The first-order chi connectivity index (χ1) is 7.11. The number of carbonyl (C=O) groups excluding carboxylic acids is 2. The molecule has 2 amide bonds. The molecule has 0 spiro atoms. The van der Waals surface area contributed by atoms with Crippen LogP contribution in [-0.2, 0) is 4.79 Å². The van der Waals surface area contributed by atoms with Gasteiger partial charge in [0.1, 0.15) is 0 Å². The van der Waals surface area contributed by atoms with E-state index >= 15 is 0 Å². The molecule has 0 rings (SSSR count). The summed E-state index contributed by atoms with van der Waals surface area (Å²) in [5.41, 5.74) is 0. The van der Waals surface area contributed by atoms with Gasteiger partial charge in [-0.15, -0.1) is 0 Å². The maximum atomic E-state index is 11.2. The molecule has 0 aliphatic heterocycles. The van der Waals surface area contributed by atoms with Crippen molar-refractivity contribution in [2.45, 2.75) is 25.8 Å². The van der Waals surface area contributed by atoms with E-state index in [2.05, 4.69) is 10.6 Å². The fourth-order valence-corrected chi connectivity index (χ4v) is 1.40. The molecule has 0 radical (unpaired) electrons. The van der Waals surface area contributed by atoms with Crippen LogP contribution in [0.15, 0.2) is 0 Å². The molecule has 0 aliphatic rings. The quantitative estimate of drug-likeness (QED) is 0.625. The number of carboxylic acids is 1. The van der Waals surface area contributed by atoms with Gasteiger partial charge in [0.2, 0.25) is 0 Å². The van der Waals surface area contributed by atoms with Gasteiger partial charge >= 0.3 is 6.03 Å². The van der Waals surface area contributed by atoms with Gasteiger partial charge in [0.25, 0.3) is 0 Å². The predicted molar refractivity (Wildman–Crippen MR) is 58.6 cm³/mol. The third-order valence-electron chi connectivity index (χ3n) is 1.74. The molecular formula is C9H17N2O3S-. The molecular weight excluding hydrogens is 216 g/mol. The lowest BCUT2D eigenvalue weighted by Crippen LogP contribution is -2.51. The van der Waals surface area contributed by atoms with E-state index in [9.17, 15) is 14.7 Å². The molecule has 6 heteroatoms. The van der Waals surface area contributed by atoms with E-state index in [-0.39, 0.29) is 0 Å². The largest absolute Gasteiger partial charge is 0.548 e. The van der Waals surface area contributed by atoms with E-state index in [1.807, 2.05) is 13.2 Å². The third-order valence-corrected chi connectivity index (χ3v) is 2.38. The van der Waals surface area contributed by atoms with Gasteiger partial charge in [-0.25, -0.2) is 4.79 Å². The number of nitrogens with one attached hydrogen (secondary N) is 2. The number of carboxylic acid groups (broad SMARTS) is 1. The van der Waals surface area contributed by atoms with Crippen molar-refractivity contribution >= 4 is 23.8 Å². The molecule has 0 aromatic heterocycles. The number of hydrogen-bond acceptors (Lipinski definition) is 4. The van der Waals surface area contributed by atoms with E-state index in [4.69, 9.17) is 0 Å². The molecule has 5 nitrogen and oxygen atoms in total. The minimum absolute atomic E-state index is 0.378. The van der Waals surface area contributed by atoms with Crippen molar-refractivity contribution in [3.63, 3.8) is 0 Å². The highest BCUT2D eigenvalue weighted by Crippen LogP contribution is 1.99. The first kappa shape index (κ1) is 14.1. The van der Waals surface area contributed by atoms with Gasteiger partial charge in [0, 0.05) is 6.54 Å². The van der Waals surface area contributed by atoms with E-state index in [1.165, 1.54) is 11.8 Å². The highest BCUT2D eigenvalue weighted by Gasteiger charge is 2.12. The van der Waals surface area contributed by atoms with Crippen molar-refractivity contribution < 1.29 is 14.7 Å². The van der Waals surface area contributed by atoms with Gasteiger partial charge < -0.3 is 20.5 Å². The Morgan fingerprint density at radius 1 is 1.47 bits per heavy atom. The van der Waals surface area contributed by atoms with Crippen LogP contribution in [0.2, 0.25) is 0 Å². The summed E-state index contributed by atoms with van der Waals surface area (Å²) in [6.07, 6.45) is 3.07. The van der Waals surface area contributed by atoms with E-state index in [0.29, 0.717) is 18.7 Å². The average Bonchev–Trinajstić information content (AvgIpc) is 2.20. The Balaban J connectivity index is 3.93. The van der Waals surface area contributed by atoms with Crippen LogP contribution >= 0.6 is 11.8 Å². The Morgan fingerprint density at radius 2 is 2.13 bits per heavy atom. The Labute approximate surface area is 94.0 Å². The van der Waals surface area contributed by atoms with Crippen LogP contribution in [-0.4, -0.2) is 36.6 Å². The van der Waals surface area contributed by atoms with Gasteiger partial charge in [0.05, 0.1) is 12.0 Å². The SMILES string of the molecule is CCCNC(=O)N[C@@H](CCSC)C(=O)[O-]. The van der Waals surface area contributed by atoms with E-state index in [1.54, 1.807) is 0 Å². The lowest BCUT2D eigenvalue weighted by atomic mass is 10.2. The molecule has 0 fully saturated rings. The number of amides is 2. The molecule has 1 atom stereocenters. The fraction of sp³-hybridized carbons (Fsp3) is 0.778. The van der Waals surface area contributed by atoms with Gasteiger partial charge in [0.15, 0.2) is 0 Å². The zero-order valence-electron chi connectivity index (χ0n) is 9.04. The molecule has 0 saturated carbocycles. The van der Waals surface area contributed by atoms with Crippen molar-refractivity contribution in [3.05, 3.63) is 0 Å². The van der Waals surface area contributed by atoms with E-state index in [0.717, 1.165) is 6.42 Å². The second-order valence-electron chi connectivity index (χ2n) is 3.05. The number of urea groups is 1. The molecule has 0 unspecified atom stereocenters. The van der Waals surface area contributed by atoms with Gasteiger partial charge in [-0.1, -0.05) is 6.92 Å². The number of rotatable bonds is 7. The summed E-state index contributed by atoms with van der Waals surface area (Å²) >= 11 is 1.53. The molecule has 0 aromatic carbocycles. The van der Waals surface area contributed by atoms with Crippen LogP contribution in [0, 0.1) is 0 Å². The fourth-order valence-electron chi connectivity index (χ4n) is 0.932. The highest BCUT2D eigenvalue weighted by atomic mass is 32.2. The molecule has 0 aromatic rings. The van der Waals surface area contributed by atoms with Gasteiger partial charge in [-0.05, 0) is 24.9 Å². The standard InChI is InChI=1S/C9H18N2O3S/c1-3-5-10-9(14)11-7(8(12)13)4-6-15-2/h7H,3-6H2,1-2H3,(H,12,13)(H2,10,11,14)/p-1/t7-/m0/s1. The van der Waals surface area contributed by atoms with Crippen LogP contribution in [0.4, 0.5) is 4.79 Å². The molecule has 0 saturated heterocycles. The molecule has 0 heterocycles. The van der Waals surface area contributed by atoms with Crippen LogP contribution < -0.4 is 15.7 Å². The normalized spacial score (nSPS) is 11.9. The van der Waals surface area contributed by atoms with Crippen LogP contribution in [0.5, 0.6) is 0 Å². The summed E-state index contributed by atoms with van der Waals surface area (Å²) in [4.78, 5) is 21.8. The van der Waals surface area contributed by atoms with Crippen molar-refractivity contribution in [1.82, 2.24) is 10.6 Å². The first-order valence-corrected chi connectivity index (χ1v) is 6.25. The average molecular weight is 233 g/mol. The zero-order valence-corrected chi connectivity index (χ0v) is 9.86. The number of aliphatic carboxylic acids is 1. The lowest BCUT2D eigenvalue weighted by molar-refractivity contribution is -0.308. The molecule has 88 valence electrons. The van der Waals surface area contributed by atoms with Crippen LogP contribution in [0.3, 0.4) is 0 Å². The summed E-state index contributed by atoms with van der Waals surface area (Å²) in [6.45, 7) is 2.46. The Morgan fingerprint density at radius 3 is 2.60 bits per heavy atom. The van der Waals surface area contributed by atoms with Crippen molar-refractivity contribution in [2.24, 2.45) is 0 Å². The smallest absolute Gasteiger partial charge is 0.315 e. The number of carbonyl (C=O) groups is 2. The number of hydrogen-bond donors (Lipinski definition) is 2. The minimum Gasteiger partial charge on any atom is -0.548 e. The Hall–Kier alpha value is -0.910. The van der Waals surface area contributed by atoms with Crippen molar-refractivity contribution in [3.8, 4) is 0 Å². The van der Waals surface area contributed by atoms with Gasteiger partial charge in [-0.3, -0.25) is 0 Å². The Bertz CT molecular complexity index is 212. The first-order valence-electron chi connectivity index (χ1n) is 4.86. The maximum Gasteiger partial charge on any atom is 0.315 e. The highest BCUT2D eigenvalue weighted by molar-refractivity contribution is 7.98.